The predicted molar refractivity (Wildman–Crippen MR) is 64.5 cm³/mol. The Balaban J connectivity index is 2.05. The number of aromatic hydroxyl groups is 1. The Morgan fingerprint density at radius 3 is 3.18 bits per heavy atom. The van der Waals surface area contributed by atoms with Crippen molar-refractivity contribution in [3.05, 3.63) is 18.2 Å². The molecule has 0 unspecified atom stereocenters. The van der Waals surface area contributed by atoms with Gasteiger partial charge in [0, 0.05) is 26.1 Å². The topological polar surface area (TPSA) is 61.8 Å². The smallest absolute Gasteiger partial charge is 0.216 e. The maximum atomic E-state index is 10.8. The fraction of sp³-hybridized carbons (Fsp3) is 0.417. The Morgan fingerprint density at radius 1 is 1.59 bits per heavy atom. The Morgan fingerprint density at radius 2 is 2.41 bits per heavy atom. The zero-order valence-corrected chi connectivity index (χ0v) is 9.77. The van der Waals surface area contributed by atoms with Gasteiger partial charge in [0.2, 0.25) is 5.91 Å². The lowest BCUT2D eigenvalue weighted by molar-refractivity contribution is -0.118. The molecule has 1 aliphatic heterocycles. The molecule has 0 spiro atoms. The molecule has 1 aromatic rings. The highest BCUT2D eigenvalue weighted by atomic mass is 16.5. The molecule has 0 bridgehead atoms. The Kier molecular flexibility index (Phi) is 3.37. The lowest BCUT2D eigenvalue weighted by Crippen LogP contribution is -2.38. The lowest BCUT2D eigenvalue weighted by Gasteiger charge is -2.31. The molecule has 0 radical (unpaired) electrons. The highest BCUT2D eigenvalue weighted by Gasteiger charge is 2.17. The fourth-order valence-corrected chi connectivity index (χ4v) is 1.86. The summed E-state index contributed by atoms with van der Waals surface area (Å²) < 4.78 is 5.50. The number of phenolic OH excluding ortho intramolecular Hbond substituents is 1. The van der Waals surface area contributed by atoms with Crippen LogP contribution in [0.15, 0.2) is 18.2 Å². The van der Waals surface area contributed by atoms with Crippen LogP contribution in [-0.4, -0.2) is 37.3 Å². The van der Waals surface area contributed by atoms with Crippen LogP contribution in [0.3, 0.4) is 0 Å². The van der Waals surface area contributed by atoms with E-state index in [9.17, 15) is 9.90 Å². The van der Waals surface area contributed by atoms with E-state index in [0.29, 0.717) is 19.7 Å². The third-order valence-corrected chi connectivity index (χ3v) is 2.66. The number of carbonyl (C=O) groups excluding carboxylic acids is 1. The van der Waals surface area contributed by atoms with E-state index in [1.807, 2.05) is 0 Å². The molecule has 5 heteroatoms. The first kappa shape index (κ1) is 11.6. The molecule has 92 valence electrons. The summed E-state index contributed by atoms with van der Waals surface area (Å²) >= 11 is 0. The number of carbonyl (C=O) groups is 1. The third-order valence-electron chi connectivity index (χ3n) is 2.66. The van der Waals surface area contributed by atoms with Crippen molar-refractivity contribution in [2.45, 2.75) is 6.92 Å². The third kappa shape index (κ3) is 2.81. The molecule has 1 aromatic carbocycles. The van der Waals surface area contributed by atoms with E-state index in [2.05, 4.69) is 10.2 Å². The van der Waals surface area contributed by atoms with Crippen molar-refractivity contribution >= 4 is 11.6 Å². The Labute approximate surface area is 100.0 Å². The molecule has 0 saturated heterocycles. The Bertz CT molecular complexity index is 420. The van der Waals surface area contributed by atoms with Gasteiger partial charge in [-0.05, 0) is 12.1 Å². The zero-order valence-electron chi connectivity index (χ0n) is 9.77. The normalized spacial score (nSPS) is 13.8. The molecular formula is C12H16N2O3. The molecular weight excluding hydrogens is 220 g/mol. The van der Waals surface area contributed by atoms with E-state index < -0.39 is 0 Å². The van der Waals surface area contributed by atoms with Gasteiger partial charge in [0.15, 0.2) is 0 Å². The first-order valence-corrected chi connectivity index (χ1v) is 5.62. The van der Waals surface area contributed by atoms with Gasteiger partial charge in [0.05, 0.1) is 12.2 Å². The SMILES string of the molecule is CC(=O)NCCN1CCOc2ccc(O)cc21. The van der Waals surface area contributed by atoms with Crippen LogP contribution in [0.1, 0.15) is 6.92 Å². The van der Waals surface area contributed by atoms with Crippen molar-refractivity contribution in [2.24, 2.45) is 0 Å². The van der Waals surface area contributed by atoms with Crippen molar-refractivity contribution in [2.75, 3.05) is 31.1 Å². The van der Waals surface area contributed by atoms with Gasteiger partial charge < -0.3 is 20.1 Å². The average molecular weight is 236 g/mol. The summed E-state index contributed by atoms with van der Waals surface area (Å²) in [6.45, 7) is 4.18. The number of fused-ring (bicyclic) bond motifs is 1. The monoisotopic (exact) mass is 236 g/mol. The van der Waals surface area contributed by atoms with E-state index in [1.165, 1.54) is 6.92 Å². The quantitative estimate of drug-likeness (QED) is 0.812. The van der Waals surface area contributed by atoms with Crippen LogP contribution in [0.2, 0.25) is 0 Å². The first-order valence-electron chi connectivity index (χ1n) is 5.62. The average Bonchev–Trinajstić information content (AvgIpc) is 2.29. The van der Waals surface area contributed by atoms with E-state index in [0.717, 1.165) is 18.0 Å². The van der Waals surface area contributed by atoms with Gasteiger partial charge in [-0.15, -0.1) is 0 Å². The van der Waals surface area contributed by atoms with Crippen LogP contribution >= 0.6 is 0 Å². The van der Waals surface area contributed by atoms with Crippen LogP contribution in [0.4, 0.5) is 5.69 Å². The minimum Gasteiger partial charge on any atom is -0.508 e. The highest BCUT2D eigenvalue weighted by Crippen LogP contribution is 2.34. The molecule has 0 fully saturated rings. The zero-order chi connectivity index (χ0) is 12.3. The van der Waals surface area contributed by atoms with Crippen molar-refractivity contribution in [3.63, 3.8) is 0 Å². The molecule has 1 amide bonds. The summed E-state index contributed by atoms with van der Waals surface area (Å²) in [5.74, 6) is 0.963. The summed E-state index contributed by atoms with van der Waals surface area (Å²) in [6, 6.07) is 5.05. The van der Waals surface area contributed by atoms with Gasteiger partial charge in [0.25, 0.3) is 0 Å². The molecule has 17 heavy (non-hydrogen) atoms. The molecule has 0 atom stereocenters. The largest absolute Gasteiger partial charge is 0.508 e. The molecule has 0 aliphatic carbocycles. The number of nitrogens with zero attached hydrogens (tertiary/aromatic N) is 1. The summed E-state index contributed by atoms with van der Waals surface area (Å²) in [7, 11) is 0. The van der Waals surface area contributed by atoms with Crippen molar-refractivity contribution < 1.29 is 14.6 Å². The summed E-state index contributed by atoms with van der Waals surface area (Å²) in [5, 5.41) is 12.2. The first-order chi connectivity index (χ1) is 8.16. The number of anilines is 1. The number of rotatable bonds is 3. The van der Waals surface area contributed by atoms with Crippen LogP contribution < -0.4 is 15.0 Å². The van der Waals surface area contributed by atoms with Crippen LogP contribution in [0.25, 0.3) is 0 Å². The second-order valence-corrected chi connectivity index (χ2v) is 3.97. The maximum Gasteiger partial charge on any atom is 0.216 e. The fourth-order valence-electron chi connectivity index (χ4n) is 1.86. The molecule has 5 nitrogen and oxygen atoms in total. The minimum atomic E-state index is -0.0330. The molecule has 0 saturated carbocycles. The highest BCUT2D eigenvalue weighted by molar-refractivity contribution is 5.72. The van der Waals surface area contributed by atoms with Gasteiger partial charge in [-0.25, -0.2) is 0 Å². The van der Waals surface area contributed by atoms with E-state index in [4.69, 9.17) is 4.74 Å². The second kappa shape index (κ2) is 4.95. The molecule has 2 N–H and O–H groups in total. The maximum absolute atomic E-state index is 10.8. The molecule has 1 heterocycles. The van der Waals surface area contributed by atoms with E-state index >= 15 is 0 Å². The van der Waals surface area contributed by atoms with Crippen LogP contribution in [-0.2, 0) is 4.79 Å². The number of nitrogens with one attached hydrogen (secondary N) is 1. The Hall–Kier alpha value is -1.91. The van der Waals surface area contributed by atoms with Crippen molar-refractivity contribution in [3.8, 4) is 11.5 Å². The standard InChI is InChI=1S/C12H16N2O3/c1-9(15)13-4-5-14-6-7-17-12-3-2-10(16)8-11(12)14/h2-3,8,16H,4-7H2,1H3,(H,13,15). The number of hydrogen-bond donors (Lipinski definition) is 2. The predicted octanol–water partition coefficient (Wildman–Crippen LogP) is 0.727. The number of phenols is 1. The van der Waals surface area contributed by atoms with Crippen molar-refractivity contribution in [1.82, 2.24) is 5.32 Å². The number of amides is 1. The van der Waals surface area contributed by atoms with Gasteiger partial charge in [0.1, 0.15) is 18.1 Å². The summed E-state index contributed by atoms with van der Waals surface area (Å²) in [5.41, 5.74) is 0.876. The van der Waals surface area contributed by atoms with Gasteiger partial charge >= 0.3 is 0 Å². The molecule has 2 rings (SSSR count). The molecule has 0 aromatic heterocycles. The van der Waals surface area contributed by atoms with Gasteiger partial charge in [-0.1, -0.05) is 0 Å². The van der Waals surface area contributed by atoms with Crippen molar-refractivity contribution in [1.29, 1.82) is 0 Å². The number of ether oxygens (including phenoxy) is 1. The van der Waals surface area contributed by atoms with Gasteiger partial charge in [-0.3, -0.25) is 4.79 Å². The lowest BCUT2D eigenvalue weighted by atomic mass is 10.2. The van der Waals surface area contributed by atoms with Gasteiger partial charge in [-0.2, -0.15) is 0 Å². The van der Waals surface area contributed by atoms with E-state index in [1.54, 1.807) is 18.2 Å². The summed E-state index contributed by atoms with van der Waals surface area (Å²) in [6.07, 6.45) is 0. The summed E-state index contributed by atoms with van der Waals surface area (Å²) in [4.78, 5) is 12.9. The number of hydrogen-bond acceptors (Lipinski definition) is 4. The second-order valence-electron chi connectivity index (χ2n) is 3.97. The minimum absolute atomic E-state index is 0.0330. The number of benzene rings is 1. The van der Waals surface area contributed by atoms with Crippen LogP contribution in [0.5, 0.6) is 11.5 Å². The van der Waals surface area contributed by atoms with E-state index in [-0.39, 0.29) is 11.7 Å². The molecule has 1 aliphatic rings. The van der Waals surface area contributed by atoms with Crippen LogP contribution in [0, 0.1) is 0 Å².